The minimum absolute atomic E-state index is 0.616. The van der Waals surface area contributed by atoms with Crippen LogP contribution in [0.3, 0.4) is 0 Å². The largest absolute Gasteiger partial charge is 0.326 e. The van der Waals surface area contributed by atoms with Crippen molar-refractivity contribution in [3.63, 3.8) is 0 Å². The van der Waals surface area contributed by atoms with Gasteiger partial charge in [0, 0.05) is 29.4 Å². The summed E-state index contributed by atoms with van der Waals surface area (Å²) >= 11 is 1.69. The Hall–Kier alpha value is -1.19. The number of thiophene rings is 1. The average Bonchev–Trinajstić information content (AvgIpc) is 2.67. The first-order valence-corrected chi connectivity index (χ1v) is 4.96. The van der Waals surface area contributed by atoms with Gasteiger partial charge >= 0.3 is 0 Å². The standard InChI is InChI=1S/C10H10N2S/c11-5-10-4-9(7-13-10)8-2-1-3-12-6-8/h1-4,6-7H,5,11H2. The Morgan fingerprint density at radius 2 is 2.31 bits per heavy atom. The van der Waals surface area contributed by atoms with Crippen molar-refractivity contribution in [2.45, 2.75) is 6.54 Å². The van der Waals surface area contributed by atoms with E-state index >= 15 is 0 Å². The van der Waals surface area contributed by atoms with Gasteiger partial charge in [-0.3, -0.25) is 4.98 Å². The van der Waals surface area contributed by atoms with E-state index in [1.54, 1.807) is 17.5 Å². The Morgan fingerprint density at radius 3 is 2.92 bits per heavy atom. The summed E-state index contributed by atoms with van der Waals surface area (Å²) in [5.41, 5.74) is 7.89. The fourth-order valence-corrected chi connectivity index (χ4v) is 1.95. The van der Waals surface area contributed by atoms with Crippen LogP contribution in [0.1, 0.15) is 4.88 Å². The molecule has 2 aromatic rings. The van der Waals surface area contributed by atoms with Crippen molar-refractivity contribution in [2.24, 2.45) is 5.73 Å². The summed E-state index contributed by atoms with van der Waals surface area (Å²) in [6.07, 6.45) is 3.64. The lowest BCUT2D eigenvalue weighted by Crippen LogP contribution is -1.91. The van der Waals surface area contributed by atoms with E-state index < -0.39 is 0 Å². The minimum atomic E-state index is 0.616. The number of hydrogen-bond donors (Lipinski definition) is 1. The highest BCUT2D eigenvalue weighted by Gasteiger charge is 2.00. The van der Waals surface area contributed by atoms with E-state index in [0.717, 1.165) is 5.56 Å². The van der Waals surface area contributed by atoms with Crippen molar-refractivity contribution >= 4 is 11.3 Å². The van der Waals surface area contributed by atoms with Crippen molar-refractivity contribution in [1.29, 1.82) is 0 Å². The van der Waals surface area contributed by atoms with Crippen LogP contribution in [-0.2, 0) is 6.54 Å². The molecule has 0 aromatic carbocycles. The highest BCUT2D eigenvalue weighted by atomic mass is 32.1. The summed E-state index contributed by atoms with van der Waals surface area (Å²) in [6.45, 7) is 0.616. The molecular weight excluding hydrogens is 180 g/mol. The van der Waals surface area contributed by atoms with Crippen LogP contribution < -0.4 is 5.73 Å². The SMILES string of the molecule is NCc1cc(-c2cccnc2)cs1. The Bertz CT molecular complexity index is 381. The topological polar surface area (TPSA) is 38.9 Å². The van der Waals surface area contributed by atoms with E-state index in [0.29, 0.717) is 6.54 Å². The number of rotatable bonds is 2. The Kier molecular flexibility index (Phi) is 2.38. The zero-order chi connectivity index (χ0) is 9.10. The molecule has 0 unspecified atom stereocenters. The number of hydrogen-bond acceptors (Lipinski definition) is 3. The van der Waals surface area contributed by atoms with Gasteiger partial charge in [-0.1, -0.05) is 6.07 Å². The number of aromatic nitrogens is 1. The van der Waals surface area contributed by atoms with Crippen molar-refractivity contribution < 1.29 is 0 Å². The van der Waals surface area contributed by atoms with Gasteiger partial charge in [0.25, 0.3) is 0 Å². The van der Waals surface area contributed by atoms with Gasteiger partial charge in [0.15, 0.2) is 0 Å². The summed E-state index contributed by atoms with van der Waals surface area (Å²) in [7, 11) is 0. The Labute approximate surface area is 81.1 Å². The van der Waals surface area contributed by atoms with Gasteiger partial charge < -0.3 is 5.73 Å². The normalized spacial score (nSPS) is 10.2. The van der Waals surface area contributed by atoms with Gasteiger partial charge in [-0.2, -0.15) is 0 Å². The van der Waals surface area contributed by atoms with Gasteiger partial charge in [0.05, 0.1) is 0 Å². The van der Waals surface area contributed by atoms with Crippen LogP contribution in [0.4, 0.5) is 0 Å². The Morgan fingerprint density at radius 1 is 1.38 bits per heavy atom. The maximum Gasteiger partial charge on any atom is 0.0346 e. The van der Waals surface area contributed by atoms with Gasteiger partial charge in [-0.05, 0) is 23.1 Å². The molecule has 0 aliphatic carbocycles. The zero-order valence-electron chi connectivity index (χ0n) is 7.10. The summed E-state index contributed by atoms with van der Waals surface area (Å²) in [5.74, 6) is 0. The maximum atomic E-state index is 5.54. The molecule has 0 aliphatic heterocycles. The van der Waals surface area contributed by atoms with E-state index in [4.69, 9.17) is 5.73 Å². The molecule has 2 aromatic heterocycles. The quantitative estimate of drug-likeness (QED) is 0.789. The second-order valence-electron chi connectivity index (χ2n) is 2.75. The number of nitrogens with zero attached hydrogens (tertiary/aromatic N) is 1. The first kappa shape index (κ1) is 8.41. The third-order valence-corrected chi connectivity index (χ3v) is 2.81. The molecule has 0 radical (unpaired) electrons. The highest BCUT2D eigenvalue weighted by Crippen LogP contribution is 2.24. The molecule has 2 rings (SSSR count). The van der Waals surface area contributed by atoms with Crippen molar-refractivity contribution in [2.75, 3.05) is 0 Å². The Balaban J connectivity index is 2.36. The zero-order valence-corrected chi connectivity index (χ0v) is 7.92. The maximum absolute atomic E-state index is 5.54. The smallest absolute Gasteiger partial charge is 0.0346 e. The van der Waals surface area contributed by atoms with E-state index in [2.05, 4.69) is 22.5 Å². The second kappa shape index (κ2) is 3.68. The summed E-state index contributed by atoms with van der Waals surface area (Å²) in [4.78, 5) is 5.28. The molecule has 0 fully saturated rings. The lowest BCUT2D eigenvalue weighted by molar-refractivity contribution is 1.11. The predicted octanol–water partition coefficient (Wildman–Crippen LogP) is 2.27. The van der Waals surface area contributed by atoms with E-state index in [-0.39, 0.29) is 0 Å². The van der Waals surface area contributed by atoms with Crippen LogP contribution in [0.2, 0.25) is 0 Å². The first-order chi connectivity index (χ1) is 6.40. The second-order valence-corrected chi connectivity index (χ2v) is 3.74. The average molecular weight is 190 g/mol. The minimum Gasteiger partial charge on any atom is -0.326 e. The molecule has 0 bridgehead atoms. The predicted molar refractivity (Wildman–Crippen MR) is 55.4 cm³/mol. The molecular formula is C10H10N2S. The van der Waals surface area contributed by atoms with Gasteiger partial charge in [0.2, 0.25) is 0 Å². The van der Waals surface area contributed by atoms with Gasteiger partial charge in [0.1, 0.15) is 0 Å². The lowest BCUT2D eigenvalue weighted by Gasteiger charge is -1.93. The van der Waals surface area contributed by atoms with E-state index in [9.17, 15) is 0 Å². The molecule has 0 spiro atoms. The molecule has 0 atom stereocenters. The molecule has 2 N–H and O–H groups in total. The van der Waals surface area contributed by atoms with Crippen LogP contribution in [0.25, 0.3) is 11.1 Å². The van der Waals surface area contributed by atoms with Gasteiger partial charge in [-0.15, -0.1) is 11.3 Å². The molecule has 0 amide bonds. The number of pyridine rings is 1. The van der Waals surface area contributed by atoms with Crippen molar-refractivity contribution in [3.8, 4) is 11.1 Å². The van der Waals surface area contributed by atoms with E-state index in [1.807, 2.05) is 12.3 Å². The molecule has 2 heterocycles. The van der Waals surface area contributed by atoms with Crippen LogP contribution in [-0.4, -0.2) is 4.98 Å². The van der Waals surface area contributed by atoms with Crippen LogP contribution in [0, 0.1) is 0 Å². The molecule has 13 heavy (non-hydrogen) atoms. The molecule has 66 valence electrons. The molecule has 0 saturated carbocycles. The van der Waals surface area contributed by atoms with E-state index in [1.165, 1.54) is 10.4 Å². The molecule has 0 saturated heterocycles. The van der Waals surface area contributed by atoms with Crippen molar-refractivity contribution in [1.82, 2.24) is 4.98 Å². The fourth-order valence-electron chi connectivity index (χ4n) is 1.17. The fraction of sp³-hybridized carbons (Fsp3) is 0.100. The van der Waals surface area contributed by atoms with Gasteiger partial charge in [-0.25, -0.2) is 0 Å². The monoisotopic (exact) mass is 190 g/mol. The molecule has 2 nitrogen and oxygen atoms in total. The lowest BCUT2D eigenvalue weighted by atomic mass is 10.1. The summed E-state index contributed by atoms with van der Waals surface area (Å²) in [6, 6.07) is 6.10. The van der Waals surface area contributed by atoms with Crippen molar-refractivity contribution in [3.05, 3.63) is 40.8 Å². The third-order valence-electron chi connectivity index (χ3n) is 1.85. The third kappa shape index (κ3) is 1.76. The van der Waals surface area contributed by atoms with Crippen LogP contribution >= 0.6 is 11.3 Å². The summed E-state index contributed by atoms with van der Waals surface area (Å²) in [5, 5.41) is 2.11. The van der Waals surface area contributed by atoms with Crippen LogP contribution in [0.5, 0.6) is 0 Å². The number of nitrogens with two attached hydrogens (primary N) is 1. The molecule has 3 heteroatoms. The first-order valence-electron chi connectivity index (χ1n) is 4.08. The highest BCUT2D eigenvalue weighted by molar-refractivity contribution is 7.10. The molecule has 0 aliphatic rings. The van der Waals surface area contributed by atoms with Crippen LogP contribution in [0.15, 0.2) is 36.0 Å². The summed E-state index contributed by atoms with van der Waals surface area (Å²) < 4.78 is 0.